The van der Waals surface area contributed by atoms with E-state index in [9.17, 15) is 14.0 Å². The molecule has 0 saturated heterocycles. The fourth-order valence-electron chi connectivity index (χ4n) is 2.53. The first-order valence-electron chi connectivity index (χ1n) is 8.72. The van der Waals surface area contributed by atoms with Crippen molar-refractivity contribution in [1.29, 1.82) is 0 Å². The van der Waals surface area contributed by atoms with Crippen molar-refractivity contribution in [3.8, 4) is 0 Å². The number of nitrogens with one attached hydrogen (secondary N) is 3. The van der Waals surface area contributed by atoms with E-state index in [0.717, 1.165) is 5.56 Å². The zero-order valence-electron chi connectivity index (χ0n) is 15.5. The highest BCUT2D eigenvalue weighted by Crippen LogP contribution is 2.17. The molecule has 27 heavy (non-hydrogen) atoms. The SMILES string of the molecule is C=CCNC(=O)[C@H](C)N[C@H](C)c1ccc(NC(=O)c2ccc(F)cc2)cc1. The van der Waals surface area contributed by atoms with Gasteiger partial charge in [-0.2, -0.15) is 0 Å². The molecule has 0 bridgehead atoms. The molecule has 0 spiro atoms. The Morgan fingerprint density at radius 1 is 1.07 bits per heavy atom. The average Bonchev–Trinajstić information content (AvgIpc) is 2.66. The molecule has 2 amide bonds. The Labute approximate surface area is 158 Å². The van der Waals surface area contributed by atoms with Crippen LogP contribution in [0.3, 0.4) is 0 Å². The first-order valence-corrected chi connectivity index (χ1v) is 8.72. The largest absolute Gasteiger partial charge is 0.351 e. The number of anilines is 1. The predicted octanol–water partition coefficient (Wildman–Crippen LogP) is 3.42. The van der Waals surface area contributed by atoms with Crippen LogP contribution in [0.5, 0.6) is 0 Å². The van der Waals surface area contributed by atoms with E-state index in [1.54, 1.807) is 25.1 Å². The summed E-state index contributed by atoms with van der Waals surface area (Å²) in [5.74, 6) is -0.781. The summed E-state index contributed by atoms with van der Waals surface area (Å²) >= 11 is 0. The van der Waals surface area contributed by atoms with Crippen LogP contribution in [0.15, 0.2) is 61.2 Å². The van der Waals surface area contributed by atoms with Crippen LogP contribution >= 0.6 is 0 Å². The van der Waals surface area contributed by atoms with E-state index in [2.05, 4.69) is 22.5 Å². The van der Waals surface area contributed by atoms with Crippen LogP contribution in [0.4, 0.5) is 10.1 Å². The number of halogens is 1. The minimum atomic E-state index is -0.384. The molecular weight excluding hydrogens is 345 g/mol. The summed E-state index contributed by atoms with van der Waals surface area (Å²) in [7, 11) is 0. The van der Waals surface area contributed by atoms with Crippen molar-refractivity contribution in [2.45, 2.75) is 25.9 Å². The number of carbonyl (C=O) groups excluding carboxylic acids is 2. The maximum Gasteiger partial charge on any atom is 0.255 e. The van der Waals surface area contributed by atoms with Crippen LogP contribution in [0.25, 0.3) is 0 Å². The third-order valence-electron chi connectivity index (χ3n) is 4.09. The molecule has 0 aromatic heterocycles. The molecule has 5 nitrogen and oxygen atoms in total. The van der Waals surface area contributed by atoms with Crippen LogP contribution in [-0.2, 0) is 4.79 Å². The Bertz CT molecular complexity index is 788. The summed E-state index contributed by atoms with van der Waals surface area (Å²) in [6.07, 6.45) is 1.63. The van der Waals surface area contributed by atoms with Crippen molar-refractivity contribution < 1.29 is 14.0 Å². The first kappa shape index (κ1) is 20.3. The van der Waals surface area contributed by atoms with Gasteiger partial charge in [-0.3, -0.25) is 14.9 Å². The number of carbonyl (C=O) groups is 2. The second-order valence-electron chi connectivity index (χ2n) is 6.23. The van der Waals surface area contributed by atoms with E-state index >= 15 is 0 Å². The van der Waals surface area contributed by atoms with E-state index in [-0.39, 0.29) is 29.7 Å². The second-order valence-corrected chi connectivity index (χ2v) is 6.23. The van der Waals surface area contributed by atoms with Gasteiger partial charge in [0.2, 0.25) is 5.91 Å². The Morgan fingerprint density at radius 2 is 1.70 bits per heavy atom. The lowest BCUT2D eigenvalue weighted by Gasteiger charge is -2.20. The summed E-state index contributed by atoms with van der Waals surface area (Å²) in [4.78, 5) is 24.1. The molecule has 2 atom stereocenters. The van der Waals surface area contributed by atoms with Gasteiger partial charge in [0.1, 0.15) is 5.82 Å². The van der Waals surface area contributed by atoms with Crippen LogP contribution in [0, 0.1) is 5.82 Å². The molecule has 2 rings (SSSR count). The van der Waals surface area contributed by atoms with Crippen LogP contribution < -0.4 is 16.0 Å². The van der Waals surface area contributed by atoms with E-state index in [4.69, 9.17) is 0 Å². The second kappa shape index (κ2) is 9.64. The molecular formula is C21H24FN3O2. The van der Waals surface area contributed by atoms with Gasteiger partial charge in [-0.25, -0.2) is 4.39 Å². The fourth-order valence-corrected chi connectivity index (χ4v) is 2.53. The zero-order valence-corrected chi connectivity index (χ0v) is 15.5. The van der Waals surface area contributed by atoms with E-state index in [1.165, 1.54) is 24.3 Å². The molecule has 6 heteroatoms. The molecule has 0 aliphatic rings. The van der Waals surface area contributed by atoms with Gasteiger partial charge in [0.15, 0.2) is 0 Å². The van der Waals surface area contributed by atoms with Crippen molar-refractivity contribution in [2.75, 3.05) is 11.9 Å². The van der Waals surface area contributed by atoms with Crippen molar-refractivity contribution in [3.63, 3.8) is 0 Å². The molecule has 0 aliphatic carbocycles. The molecule has 2 aromatic rings. The van der Waals surface area contributed by atoms with Crippen molar-refractivity contribution in [1.82, 2.24) is 10.6 Å². The van der Waals surface area contributed by atoms with Gasteiger partial charge >= 0.3 is 0 Å². The van der Waals surface area contributed by atoms with Crippen LogP contribution in [-0.4, -0.2) is 24.4 Å². The minimum absolute atomic E-state index is 0.0451. The zero-order chi connectivity index (χ0) is 19.8. The summed E-state index contributed by atoms with van der Waals surface area (Å²) in [5.41, 5.74) is 2.00. The Balaban J connectivity index is 1.93. The average molecular weight is 369 g/mol. The van der Waals surface area contributed by atoms with Gasteiger partial charge in [0.05, 0.1) is 6.04 Å². The maximum atomic E-state index is 12.9. The molecule has 0 heterocycles. The van der Waals surface area contributed by atoms with Gasteiger partial charge in [-0.05, 0) is 55.8 Å². The molecule has 0 fully saturated rings. The fraction of sp³-hybridized carbons (Fsp3) is 0.238. The van der Waals surface area contributed by atoms with Crippen LogP contribution in [0.2, 0.25) is 0 Å². The van der Waals surface area contributed by atoms with Gasteiger partial charge in [-0.1, -0.05) is 18.2 Å². The van der Waals surface area contributed by atoms with Gasteiger partial charge in [0, 0.05) is 23.8 Å². The summed E-state index contributed by atoms with van der Waals surface area (Å²) in [5, 5.41) is 8.75. The number of amides is 2. The minimum Gasteiger partial charge on any atom is -0.351 e. The summed E-state index contributed by atoms with van der Waals surface area (Å²) in [6, 6.07) is 12.3. The summed E-state index contributed by atoms with van der Waals surface area (Å²) in [6.45, 7) is 7.76. The Hall–Kier alpha value is -2.99. The van der Waals surface area contributed by atoms with E-state index in [1.807, 2.05) is 19.1 Å². The third-order valence-corrected chi connectivity index (χ3v) is 4.09. The van der Waals surface area contributed by atoms with Crippen LogP contribution in [0.1, 0.15) is 35.8 Å². The van der Waals surface area contributed by atoms with Crippen molar-refractivity contribution in [2.24, 2.45) is 0 Å². The normalized spacial score (nSPS) is 12.7. The quantitative estimate of drug-likeness (QED) is 0.625. The lowest BCUT2D eigenvalue weighted by atomic mass is 10.1. The highest BCUT2D eigenvalue weighted by Gasteiger charge is 2.15. The molecule has 0 aliphatic heterocycles. The third kappa shape index (κ3) is 6.04. The van der Waals surface area contributed by atoms with Gasteiger partial charge in [0.25, 0.3) is 5.91 Å². The Morgan fingerprint density at radius 3 is 2.30 bits per heavy atom. The number of rotatable bonds is 8. The Kier molecular flexibility index (Phi) is 7.25. The van der Waals surface area contributed by atoms with Gasteiger partial charge in [-0.15, -0.1) is 6.58 Å². The van der Waals surface area contributed by atoms with E-state index < -0.39 is 0 Å². The smallest absolute Gasteiger partial charge is 0.255 e. The molecule has 3 N–H and O–H groups in total. The molecule has 2 aromatic carbocycles. The molecule has 142 valence electrons. The lowest BCUT2D eigenvalue weighted by molar-refractivity contribution is -0.122. The highest BCUT2D eigenvalue weighted by atomic mass is 19.1. The lowest BCUT2D eigenvalue weighted by Crippen LogP contribution is -2.43. The van der Waals surface area contributed by atoms with Gasteiger partial charge < -0.3 is 10.6 Å². The molecule has 0 unspecified atom stereocenters. The maximum absolute atomic E-state index is 12.9. The predicted molar refractivity (Wildman–Crippen MR) is 105 cm³/mol. The number of hydrogen-bond acceptors (Lipinski definition) is 3. The number of benzene rings is 2. The highest BCUT2D eigenvalue weighted by molar-refractivity contribution is 6.04. The monoisotopic (exact) mass is 369 g/mol. The topological polar surface area (TPSA) is 70.2 Å². The van der Waals surface area contributed by atoms with Crippen molar-refractivity contribution in [3.05, 3.63) is 78.1 Å². The standard InChI is InChI=1S/C21H24FN3O2/c1-4-13-23-20(26)15(3)24-14(2)16-7-11-19(12-8-16)25-21(27)17-5-9-18(22)10-6-17/h4-12,14-15,24H,1,13H2,2-3H3,(H,23,26)(H,25,27)/t14-,15+/m1/s1. The van der Waals surface area contributed by atoms with E-state index in [0.29, 0.717) is 17.8 Å². The van der Waals surface area contributed by atoms with Crippen molar-refractivity contribution >= 4 is 17.5 Å². The molecule has 0 radical (unpaired) electrons. The molecule has 0 saturated carbocycles. The summed E-state index contributed by atoms with van der Waals surface area (Å²) < 4.78 is 12.9. The first-order chi connectivity index (χ1) is 12.9. The number of hydrogen-bond donors (Lipinski definition) is 3.